The Balaban J connectivity index is 0.00000338. The summed E-state index contributed by atoms with van der Waals surface area (Å²) in [6, 6.07) is 9.79. The molecule has 0 saturated carbocycles. The number of hydrogen-bond donors (Lipinski definition) is 1. The molecule has 1 N–H and O–H groups in total. The Labute approximate surface area is 172 Å². The molecular formula is C18H28IN5O2. The molecule has 0 radical (unpaired) electrons. The zero-order valence-electron chi connectivity index (χ0n) is 15.8. The molecule has 2 aromatic rings. The average molecular weight is 473 g/mol. The first-order chi connectivity index (χ1) is 12.1. The summed E-state index contributed by atoms with van der Waals surface area (Å²) in [5.74, 6) is 3.33. The zero-order valence-corrected chi connectivity index (χ0v) is 18.1. The molecular weight excluding hydrogens is 445 g/mol. The lowest BCUT2D eigenvalue weighted by Crippen LogP contribution is -2.41. The molecule has 0 bridgehead atoms. The Morgan fingerprint density at radius 2 is 2.04 bits per heavy atom. The molecule has 1 heterocycles. The van der Waals surface area contributed by atoms with Crippen LogP contribution in [-0.2, 0) is 6.42 Å². The van der Waals surface area contributed by atoms with E-state index in [4.69, 9.17) is 9.26 Å². The summed E-state index contributed by atoms with van der Waals surface area (Å²) in [5, 5.41) is 7.26. The van der Waals surface area contributed by atoms with Crippen molar-refractivity contribution in [2.75, 3.05) is 33.8 Å². The van der Waals surface area contributed by atoms with E-state index in [1.165, 1.54) is 0 Å². The van der Waals surface area contributed by atoms with Crippen LogP contribution in [0.25, 0.3) is 0 Å². The molecule has 0 aliphatic heterocycles. The molecule has 0 atom stereocenters. The molecule has 2 rings (SSSR count). The van der Waals surface area contributed by atoms with Gasteiger partial charge in [-0.1, -0.05) is 37.2 Å². The van der Waals surface area contributed by atoms with E-state index in [-0.39, 0.29) is 29.9 Å². The van der Waals surface area contributed by atoms with Gasteiger partial charge in [-0.05, 0) is 12.1 Å². The molecule has 144 valence electrons. The van der Waals surface area contributed by atoms with Gasteiger partial charge in [0.05, 0.1) is 6.54 Å². The summed E-state index contributed by atoms with van der Waals surface area (Å²) in [6.45, 7) is 6.08. The summed E-state index contributed by atoms with van der Waals surface area (Å²) in [4.78, 5) is 10.7. The van der Waals surface area contributed by atoms with Gasteiger partial charge in [0.2, 0.25) is 5.89 Å². The number of benzene rings is 1. The van der Waals surface area contributed by atoms with Crippen molar-refractivity contribution >= 4 is 29.9 Å². The standard InChI is InChI=1S/C18H27N5O2.HI/c1-14(2)17-21-16(25-22-17)10-11-20-18(19-3)23(4)12-13-24-15-8-6-5-7-9-15;/h5-9,14H,10-13H2,1-4H3,(H,19,20);1H. The predicted octanol–water partition coefficient (Wildman–Crippen LogP) is 2.94. The minimum atomic E-state index is 0. The number of likely N-dealkylation sites (N-methyl/N-ethyl adjacent to an activating group) is 1. The van der Waals surface area contributed by atoms with E-state index in [9.17, 15) is 0 Å². The number of guanidine groups is 1. The van der Waals surface area contributed by atoms with Crippen LogP contribution in [0.1, 0.15) is 31.5 Å². The monoisotopic (exact) mass is 473 g/mol. The van der Waals surface area contributed by atoms with Crippen molar-refractivity contribution in [1.82, 2.24) is 20.4 Å². The summed E-state index contributed by atoms with van der Waals surface area (Å²) >= 11 is 0. The van der Waals surface area contributed by atoms with Crippen LogP contribution in [0, 0.1) is 0 Å². The first kappa shape index (κ1) is 22.2. The average Bonchev–Trinajstić information content (AvgIpc) is 3.09. The fourth-order valence-electron chi connectivity index (χ4n) is 2.19. The maximum atomic E-state index is 5.71. The lowest BCUT2D eigenvalue weighted by atomic mass is 10.2. The molecule has 0 saturated heterocycles. The number of halogens is 1. The number of hydrogen-bond acceptors (Lipinski definition) is 5. The third-order valence-electron chi connectivity index (χ3n) is 3.63. The number of para-hydroxylation sites is 1. The van der Waals surface area contributed by atoms with Crippen LogP contribution in [-0.4, -0.2) is 54.8 Å². The molecule has 0 spiro atoms. The largest absolute Gasteiger partial charge is 0.492 e. The van der Waals surface area contributed by atoms with Crippen LogP contribution in [0.2, 0.25) is 0 Å². The highest BCUT2D eigenvalue weighted by atomic mass is 127. The predicted molar refractivity (Wildman–Crippen MR) is 113 cm³/mol. The van der Waals surface area contributed by atoms with Gasteiger partial charge < -0.3 is 19.5 Å². The molecule has 0 amide bonds. The normalized spacial score (nSPS) is 11.2. The number of nitrogens with one attached hydrogen (secondary N) is 1. The lowest BCUT2D eigenvalue weighted by Gasteiger charge is -2.21. The Morgan fingerprint density at radius 1 is 1.31 bits per heavy atom. The molecule has 0 aliphatic rings. The van der Waals surface area contributed by atoms with Crippen molar-refractivity contribution in [3.8, 4) is 5.75 Å². The summed E-state index contributed by atoms with van der Waals surface area (Å²) in [7, 11) is 3.74. The van der Waals surface area contributed by atoms with Crippen LogP contribution in [0.3, 0.4) is 0 Å². The van der Waals surface area contributed by atoms with Crippen LogP contribution >= 0.6 is 24.0 Å². The molecule has 0 aliphatic carbocycles. The number of ether oxygens (including phenoxy) is 1. The maximum Gasteiger partial charge on any atom is 0.228 e. The minimum Gasteiger partial charge on any atom is -0.492 e. The van der Waals surface area contributed by atoms with Crippen LogP contribution in [0.15, 0.2) is 39.8 Å². The van der Waals surface area contributed by atoms with Gasteiger partial charge in [0.25, 0.3) is 0 Å². The Morgan fingerprint density at radius 3 is 2.65 bits per heavy atom. The van der Waals surface area contributed by atoms with Crippen molar-refractivity contribution in [2.45, 2.75) is 26.2 Å². The number of nitrogens with zero attached hydrogens (tertiary/aromatic N) is 4. The Hall–Kier alpha value is -1.84. The van der Waals surface area contributed by atoms with E-state index in [0.29, 0.717) is 25.5 Å². The number of rotatable bonds is 8. The SMILES string of the molecule is CN=C(NCCc1nc(C(C)C)no1)N(C)CCOc1ccccc1.I. The minimum absolute atomic E-state index is 0. The zero-order chi connectivity index (χ0) is 18.1. The van der Waals surface area contributed by atoms with Crippen molar-refractivity contribution in [3.63, 3.8) is 0 Å². The fourth-order valence-corrected chi connectivity index (χ4v) is 2.19. The fraction of sp³-hybridized carbons (Fsp3) is 0.500. The molecule has 8 heteroatoms. The van der Waals surface area contributed by atoms with Crippen molar-refractivity contribution in [3.05, 3.63) is 42.0 Å². The second kappa shape index (κ2) is 11.7. The van der Waals surface area contributed by atoms with Gasteiger partial charge in [-0.2, -0.15) is 4.98 Å². The molecule has 26 heavy (non-hydrogen) atoms. The lowest BCUT2D eigenvalue weighted by molar-refractivity contribution is 0.281. The molecule has 1 aromatic carbocycles. The van der Waals surface area contributed by atoms with E-state index in [0.717, 1.165) is 24.1 Å². The number of aromatic nitrogens is 2. The van der Waals surface area contributed by atoms with E-state index in [1.54, 1.807) is 7.05 Å². The van der Waals surface area contributed by atoms with Gasteiger partial charge >= 0.3 is 0 Å². The highest BCUT2D eigenvalue weighted by Crippen LogP contribution is 2.09. The summed E-state index contributed by atoms with van der Waals surface area (Å²) in [5.41, 5.74) is 0. The third kappa shape index (κ3) is 7.19. The maximum absolute atomic E-state index is 5.71. The van der Waals surface area contributed by atoms with Crippen LogP contribution < -0.4 is 10.1 Å². The molecule has 0 unspecified atom stereocenters. The van der Waals surface area contributed by atoms with Gasteiger partial charge in [-0.3, -0.25) is 4.99 Å². The van der Waals surface area contributed by atoms with Crippen molar-refractivity contribution in [2.24, 2.45) is 4.99 Å². The third-order valence-corrected chi connectivity index (χ3v) is 3.63. The smallest absolute Gasteiger partial charge is 0.228 e. The molecule has 7 nitrogen and oxygen atoms in total. The first-order valence-corrected chi connectivity index (χ1v) is 8.52. The van der Waals surface area contributed by atoms with Gasteiger partial charge in [0.1, 0.15) is 12.4 Å². The van der Waals surface area contributed by atoms with Crippen molar-refractivity contribution < 1.29 is 9.26 Å². The highest BCUT2D eigenvalue weighted by Gasteiger charge is 2.10. The summed E-state index contributed by atoms with van der Waals surface area (Å²) < 4.78 is 11.0. The second-order valence-corrected chi connectivity index (χ2v) is 6.01. The number of aliphatic imine (C=N–C) groups is 1. The molecule has 1 aromatic heterocycles. The van der Waals surface area contributed by atoms with Gasteiger partial charge in [-0.25, -0.2) is 0 Å². The Kier molecular flexibility index (Phi) is 10.0. The quantitative estimate of drug-likeness (QED) is 0.361. The second-order valence-electron chi connectivity index (χ2n) is 6.01. The van der Waals surface area contributed by atoms with E-state index < -0.39 is 0 Å². The van der Waals surface area contributed by atoms with Crippen molar-refractivity contribution in [1.29, 1.82) is 0 Å². The van der Waals surface area contributed by atoms with Gasteiger partial charge in [0.15, 0.2) is 11.8 Å². The summed E-state index contributed by atoms with van der Waals surface area (Å²) in [6.07, 6.45) is 0.660. The molecule has 0 fully saturated rings. The van der Waals surface area contributed by atoms with Crippen LogP contribution in [0.4, 0.5) is 0 Å². The topological polar surface area (TPSA) is 75.8 Å². The van der Waals surface area contributed by atoms with Gasteiger partial charge in [0, 0.05) is 33.0 Å². The van der Waals surface area contributed by atoms with Crippen LogP contribution in [0.5, 0.6) is 5.75 Å². The Bertz CT molecular complexity index is 661. The van der Waals surface area contributed by atoms with Gasteiger partial charge in [-0.15, -0.1) is 24.0 Å². The first-order valence-electron chi connectivity index (χ1n) is 8.52. The van der Waals surface area contributed by atoms with E-state index >= 15 is 0 Å². The highest BCUT2D eigenvalue weighted by molar-refractivity contribution is 14.0. The van der Waals surface area contributed by atoms with E-state index in [1.807, 2.05) is 56.1 Å². The van der Waals surface area contributed by atoms with E-state index in [2.05, 4.69) is 20.4 Å².